The molecule has 0 radical (unpaired) electrons. The van der Waals surface area contributed by atoms with Crippen molar-refractivity contribution in [3.63, 3.8) is 0 Å². The summed E-state index contributed by atoms with van der Waals surface area (Å²) in [5.74, 6) is 0.542. The molecule has 1 aromatic heterocycles. The molecule has 8 nitrogen and oxygen atoms in total. The van der Waals surface area contributed by atoms with Gasteiger partial charge in [-0.3, -0.25) is 14.8 Å². The fraction of sp³-hybridized carbons (Fsp3) is 0.214. The highest BCUT2D eigenvalue weighted by Crippen LogP contribution is 2.16. The van der Waals surface area contributed by atoms with Gasteiger partial charge in [-0.05, 0) is 12.1 Å². The van der Waals surface area contributed by atoms with E-state index in [0.717, 1.165) is 0 Å². The number of esters is 1. The van der Waals surface area contributed by atoms with Crippen LogP contribution in [0.3, 0.4) is 0 Å². The monoisotopic (exact) mass is 304 g/mol. The van der Waals surface area contributed by atoms with Crippen molar-refractivity contribution in [2.45, 2.75) is 6.54 Å². The van der Waals surface area contributed by atoms with Gasteiger partial charge < -0.3 is 14.8 Å². The minimum atomic E-state index is -0.448. The normalized spacial score (nSPS) is 9.91. The Morgan fingerprint density at radius 3 is 2.77 bits per heavy atom. The summed E-state index contributed by atoms with van der Waals surface area (Å²) in [6, 6.07) is 8.09. The Morgan fingerprint density at radius 2 is 2.05 bits per heavy atom. The predicted octanol–water partition coefficient (Wildman–Crippen LogP) is 1.71. The summed E-state index contributed by atoms with van der Waals surface area (Å²) in [6.45, 7) is -0.0182. The highest BCUT2D eigenvalue weighted by molar-refractivity contribution is 5.99. The van der Waals surface area contributed by atoms with Gasteiger partial charge in [0.15, 0.2) is 5.82 Å². The number of nitrogens with zero attached hydrogens (tertiary/aromatic N) is 2. The number of nitrogens with one attached hydrogen (secondary N) is 2. The average Bonchev–Trinajstić information content (AvgIpc) is 2.94. The van der Waals surface area contributed by atoms with Gasteiger partial charge in [0.1, 0.15) is 12.3 Å². The van der Waals surface area contributed by atoms with Gasteiger partial charge in [-0.1, -0.05) is 6.07 Å². The van der Waals surface area contributed by atoms with E-state index in [1.165, 1.54) is 11.8 Å². The summed E-state index contributed by atoms with van der Waals surface area (Å²) in [5.41, 5.74) is 0.589. The second-order valence-corrected chi connectivity index (χ2v) is 4.29. The predicted molar refractivity (Wildman–Crippen MR) is 79.9 cm³/mol. The number of hydrogen-bond donors (Lipinski definition) is 2. The number of amides is 2. The van der Waals surface area contributed by atoms with Crippen molar-refractivity contribution in [2.24, 2.45) is 0 Å². The van der Waals surface area contributed by atoms with E-state index in [1.807, 2.05) is 0 Å². The van der Waals surface area contributed by atoms with Crippen LogP contribution in [0.1, 0.15) is 0 Å². The highest BCUT2D eigenvalue weighted by atomic mass is 16.5. The molecule has 0 aliphatic heterocycles. The van der Waals surface area contributed by atoms with Crippen LogP contribution in [-0.4, -0.2) is 36.0 Å². The summed E-state index contributed by atoms with van der Waals surface area (Å²) >= 11 is 0. The number of anilines is 2. The Morgan fingerprint density at radius 1 is 1.23 bits per heavy atom. The number of methoxy groups -OCH3 is 2. The quantitative estimate of drug-likeness (QED) is 0.820. The molecule has 1 aromatic carbocycles. The van der Waals surface area contributed by atoms with Crippen LogP contribution in [0.4, 0.5) is 16.3 Å². The van der Waals surface area contributed by atoms with Crippen molar-refractivity contribution in [3.05, 3.63) is 36.5 Å². The minimum Gasteiger partial charge on any atom is -0.497 e. The molecule has 1 heterocycles. The summed E-state index contributed by atoms with van der Waals surface area (Å²) in [4.78, 5) is 23.0. The molecule has 0 spiro atoms. The van der Waals surface area contributed by atoms with Gasteiger partial charge in [-0.25, -0.2) is 4.79 Å². The van der Waals surface area contributed by atoms with Crippen molar-refractivity contribution in [2.75, 3.05) is 24.9 Å². The van der Waals surface area contributed by atoms with Crippen molar-refractivity contribution in [3.8, 4) is 5.75 Å². The number of rotatable bonds is 5. The molecule has 22 heavy (non-hydrogen) atoms. The van der Waals surface area contributed by atoms with Crippen molar-refractivity contribution in [1.82, 2.24) is 9.78 Å². The summed E-state index contributed by atoms with van der Waals surface area (Å²) in [6.07, 6.45) is 1.57. The van der Waals surface area contributed by atoms with Crippen LogP contribution < -0.4 is 15.4 Å². The molecule has 116 valence electrons. The molecule has 0 unspecified atom stereocenters. The van der Waals surface area contributed by atoms with Gasteiger partial charge in [0.05, 0.1) is 14.2 Å². The lowest BCUT2D eigenvalue weighted by atomic mass is 10.3. The molecule has 0 saturated carbocycles. The van der Waals surface area contributed by atoms with Crippen LogP contribution in [0.15, 0.2) is 36.5 Å². The van der Waals surface area contributed by atoms with Gasteiger partial charge in [0, 0.05) is 24.0 Å². The lowest BCUT2D eigenvalue weighted by Crippen LogP contribution is -2.20. The third-order valence-corrected chi connectivity index (χ3v) is 2.73. The number of ether oxygens (including phenoxy) is 2. The van der Waals surface area contributed by atoms with Gasteiger partial charge in [0.2, 0.25) is 0 Å². The average molecular weight is 304 g/mol. The van der Waals surface area contributed by atoms with Crippen LogP contribution in [0.2, 0.25) is 0 Å². The van der Waals surface area contributed by atoms with Gasteiger partial charge in [-0.2, -0.15) is 5.10 Å². The Balaban J connectivity index is 1.93. The molecule has 0 bridgehead atoms. The standard InChI is InChI=1S/C14H16N4O4/c1-21-11-5-3-4-10(8-11)15-14(20)16-12-6-7-18(17-12)9-13(19)22-2/h3-8H,9H2,1-2H3,(H2,15,16,17,20). The van der Waals surface area contributed by atoms with E-state index in [2.05, 4.69) is 20.5 Å². The molecule has 0 aliphatic rings. The summed E-state index contributed by atoms with van der Waals surface area (Å²) in [5, 5.41) is 9.25. The molecule has 0 atom stereocenters. The lowest BCUT2D eigenvalue weighted by molar-refractivity contribution is -0.141. The molecule has 2 N–H and O–H groups in total. The minimum absolute atomic E-state index is 0.0182. The fourth-order valence-electron chi connectivity index (χ4n) is 1.69. The zero-order valence-electron chi connectivity index (χ0n) is 12.2. The molecule has 2 amide bonds. The molecule has 2 aromatic rings. The molecule has 0 saturated heterocycles. The van der Waals surface area contributed by atoms with Crippen molar-refractivity contribution in [1.29, 1.82) is 0 Å². The maximum atomic E-state index is 11.9. The smallest absolute Gasteiger partial charge is 0.327 e. The van der Waals surface area contributed by atoms with Crippen LogP contribution in [0.25, 0.3) is 0 Å². The van der Waals surface area contributed by atoms with Crippen LogP contribution >= 0.6 is 0 Å². The number of urea groups is 1. The fourth-order valence-corrected chi connectivity index (χ4v) is 1.69. The van der Waals surface area contributed by atoms with Gasteiger partial charge in [0.25, 0.3) is 0 Å². The van der Waals surface area contributed by atoms with Crippen LogP contribution in [0, 0.1) is 0 Å². The lowest BCUT2D eigenvalue weighted by Gasteiger charge is -2.07. The number of hydrogen-bond acceptors (Lipinski definition) is 5. The molecule has 0 aliphatic carbocycles. The molecular weight excluding hydrogens is 288 g/mol. The van der Waals surface area contributed by atoms with Gasteiger partial charge in [-0.15, -0.1) is 0 Å². The Labute approximate surface area is 127 Å². The first-order chi connectivity index (χ1) is 10.6. The van der Waals surface area contributed by atoms with Crippen LogP contribution in [-0.2, 0) is 16.1 Å². The Hall–Kier alpha value is -3.03. The summed E-state index contributed by atoms with van der Waals surface area (Å²) in [7, 11) is 2.85. The molecule has 0 fully saturated rings. The first-order valence-corrected chi connectivity index (χ1v) is 6.43. The topological polar surface area (TPSA) is 94.5 Å². The van der Waals surface area contributed by atoms with E-state index in [1.54, 1.807) is 43.6 Å². The van der Waals surface area contributed by atoms with Gasteiger partial charge >= 0.3 is 12.0 Å². The second-order valence-electron chi connectivity index (χ2n) is 4.29. The first kappa shape index (κ1) is 15.4. The third kappa shape index (κ3) is 4.23. The molecule has 8 heteroatoms. The van der Waals surface area contributed by atoms with Crippen LogP contribution in [0.5, 0.6) is 5.75 Å². The Bertz CT molecular complexity index is 668. The Kier molecular flexibility index (Phi) is 4.97. The largest absolute Gasteiger partial charge is 0.497 e. The SMILES string of the molecule is COC(=O)Cn1ccc(NC(=O)Nc2cccc(OC)c2)n1. The van der Waals surface area contributed by atoms with E-state index >= 15 is 0 Å². The van der Waals surface area contributed by atoms with E-state index in [-0.39, 0.29) is 6.54 Å². The number of carbonyl (C=O) groups is 2. The maximum Gasteiger partial charge on any atom is 0.327 e. The number of aromatic nitrogens is 2. The molecular formula is C14H16N4O4. The third-order valence-electron chi connectivity index (χ3n) is 2.73. The summed E-state index contributed by atoms with van der Waals surface area (Å²) < 4.78 is 11.0. The van der Waals surface area contributed by atoms with Crippen molar-refractivity contribution >= 4 is 23.5 Å². The first-order valence-electron chi connectivity index (χ1n) is 6.43. The van der Waals surface area contributed by atoms with Crippen molar-refractivity contribution < 1.29 is 19.1 Å². The maximum absolute atomic E-state index is 11.9. The second kappa shape index (κ2) is 7.11. The zero-order chi connectivity index (χ0) is 15.9. The zero-order valence-corrected chi connectivity index (χ0v) is 12.2. The highest BCUT2D eigenvalue weighted by Gasteiger charge is 2.08. The molecule has 2 rings (SSSR count). The number of benzene rings is 1. The number of carbonyl (C=O) groups excluding carboxylic acids is 2. The van der Waals surface area contributed by atoms with E-state index in [0.29, 0.717) is 17.3 Å². The van der Waals surface area contributed by atoms with E-state index in [9.17, 15) is 9.59 Å². The van der Waals surface area contributed by atoms with E-state index < -0.39 is 12.0 Å². The van der Waals surface area contributed by atoms with E-state index in [4.69, 9.17) is 4.74 Å².